The first-order valence-corrected chi connectivity index (χ1v) is 15.3. The van der Waals surface area contributed by atoms with Crippen LogP contribution in [0, 0.1) is 0 Å². The molecule has 4 N–H and O–H groups in total. The van der Waals surface area contributed by atoms with Gasteiger partial charge in [-0.2, -0.15) is 0 Å². The second kappa shape index (κ2) is 13.1. The molecule has 3 heterocycles. The quantitative estimate of drug-likeness (QED) is 0.254. The van der Waals surface area contributed by atoms with Gasteiger partial charge in [0.1, 0.15) is 5.54 Å². The topological polar surface area (TPSA) is 159 Å². The maximum Gasteiger partial charge on any atom is 0.322 e. The smallest absolute Gasteiger partial charge is 0.322 e. The van der Waals surface area contributed by atoms with Gasteiger partial charge in [-0.3, -0.25) is 24.6 Å². The highest BCUT2D eigenvalue weighted by atomic mass is 35.5. The molecule has 3 aromatic rings. The highest BCUT2D eigenvalue weighted by Crippen LogP contribution is 2.32. The first-order chi connectivity index (χ1) is 18.9. The zero-order chi connectivity index (χ0) is 29.1. The summed E-state index contributed by atoms with van der Waals surface area (Å²) in [5, 5.41) is 9.74. The van der Waals surface area contributed by atoms with Crippen LogP contribution in [0.2, 0.25) is 5.02 Å². The minimum atomic E-state index is -3.37. The van der Waals surface area contributed by atoms with E-state index >= 15 is 0 Å². The van der Waals surface area contributed by atoms with E-state index in [-0.39, 0.29) is 29.5 Å². The van der Waals surface area contributed by atoms with Gasteiger partial charge in [-0.25, -0.2) is 18.2 Å². The average molecular weight is 642 g/mol. The zero-order valence-electron chi connectivity index (χ0n) is 22.4. The number of pyridine rings is 1. The summed E-state index contributed by atoms with van der Waals surface area (Å²) in [6, 6.07) is 8.82. The van der Waals surface area contributed by atoms with Crippen LogP contribution in [0.25, 0.3) is 11.1 Å². The summed E-state index contributed by atoms with van der Waals surface area (Å²) in [4.78, 5) is 42.4. The van der Waals surface area contributed by atoms with Crippen molar-refractivity contribution >= 4 is 74.0 Å². The second-order valence-corrected chi connectivity index (χ2v) is 13.1. The third-order valence-electron chi connectivity index (χ3n) is 6.21. The third-order valence-corrected chi connectivity index (χ3v) is 9.15. The Morgan fingerprint density at radius 1 is 1.17 bits per heavy atom. The fourth-order valence-corrected chi connectivity index (χ4v) is 6.32. The SMILES string of the molecule is CC1(C)NC(=O)NC1=O.CCC(C(=O)Nc1ccc(-c2cncc(Cl)c2)cc1)c1csc(NS(=O)(=O)C2CC2)n1.Cl. The summed E-state index contributed by atoms with van der Waals surface area (Å²) in [6.07, 6.45) is 5.20. The molecule has 0 spiro atoms. The number of aromatic nitrogens is 2. The van der Waals surface area contributed by atoms with Crippen molar-refractivity contribution in [1.29, 1.82) is 0 Å². The highest BCUT2D eigenvalue weighted by Gasteiger charge is 2.37. The number of thiazole rings is 1. The van der Waals surface area contributed by atoms with Crippen LogP contribution in [0.3, 0.4) is 0 Å². The third kappa shape index (κ3) is 8.38. The number of rotatable bonds is 8. The molecule has 1 aliphatic carbocycles. The summed E-state index contributed by atoms with van der Waals surface area (Å²) in [5.74, 6) is -0.943. The van der Waals surface area contributed by atoms with E-state index in [1.807, 2.05) is 37.3 Å². The summed E-state index contributed by atoms with van der Waals surface area (Å²) in [5.41, 5.74) is 2.32. The Morgan fingerprint density at radius 3 is 2.37 bits per heavy atom. The first kappa shape index (κ1) is 32.3. The van der Waals surface area contributed by atoms with Crippen LogP contribution < -0.4 is 20.7 Å². The van der Waals surface area contributed by atoms with Gasteiger partial charge >= 0.3 is 6.03 Å². The van der Waals surface area contributed by atoms with Crippen molar-refractivity contribution in [1.82, 2.24) is 20.6 Å². The van der Waals surface area contributed by atoms with E-state index < -0.39 is 27.5 Å². The van der Waals surface area contributed by atoms with Crippen LogP contribution in [0.5, 0.6) is 0 Å². The number of benzene rings is 1. The van der Waals surface area contributed by atoms with Crippen molar-refractivity contribution in [3.8, 4) is 11.1 Å². The Bertz CT molecular complexity index is 1530. The maximum atomic E-state index is 12.8. The molecule has 1 atom stereocenters. The monoisotopic (exact) mass is 640 g/mol. The van der Waals surface area contributed by atoms with Crippen molar-refractivity contribution in [2.75, 3.05) is 10.0 Å². The number of nitrogens with one attached hydrogen (secondary N) is 4. The van der Waals surface area contributed by atoms with Crippen LogP contribution in [0.15, 0.2) is 48.1 Å². The Balaban J connectivity index is 0.000000396. The molecule has 1 saturated carbocycles. The number of urea groups is 1. The predicted octanol–water partition coefficient (Wildman–Crippen LogP) is 4.92. The minimum absolute atomic E-state index is 0. The molecule has 0 radical (unpaired) electrons. The fraction of sp³-hybridized carbons (Fsp3) is 0.346. The van der Waals surface area contributed by atoms with Gasteiger partial charge in [0.15, 0.2) is 5.13 Å². The number of carbonyl (C=O) groups excluding carboxylic acids is 3. The second-order valence-electron chi connectivity index (χ2n) is 9.88. The molecule has 1 aromatic carbocycles. The van der Waals surface area contributed by atoms with Gasteiger partial charge in [0.2, 0.25) is 15.9 Å². The Labute approximate surface area is 253 Å². The van der Waals surface area contributed by atoms with Gasteiger partial charge in [-0.1, -0.05) is 30.7 Å². The molecule has 11 nitrogen and oxygen atoms in total. The molecule has 2 aromatic heterocycles. The molecule has 41 heavy (non-hydrogen) atoms. The number of halogens is 2. The van der Waals surface area contributed by atoms with E-state index in [1.54, 1.807) is 31.6 Å². The van der Waals surface area contributed by atoms with Gasteiger partial charge in [-0.05, 0) is 56.9 Å². The first-order valence-electron chi connectivity index (χ1n) is 12.5. The summed E-state index contributed by atoms with van der Waals surface area (Å²) < 4.78 is 26.7. The van der Waals surface area contributed by atoms with Crippen LogP contribution in [-0.4, -0.2) is 47.0 Å². The molecule has 0 bridgehead atoms. The van der Waals surface area contributed by atoms with Crippen LogP contribution in [-0.2, 0) is 19.6 Å². The van der Waals surface area contributed by atoms with E-state index in [9.17, 15) is 22.8 Å². The predicted molar refractivity (Wildman–Crippen MR) is 162 cm³/mol. The highest BCUT2D eigenvalue weighted by molar-refractivity contribution is 7.93. The van der Waals surface area contributed by atoms with Crippen LogP contribution in [0.4, 0.5) is 15.6 Å². The molecule has 220 valence electrons. The normalized spacial score (nSPS) is 16.3. The van der Waals surface area contributed by atoms with Crippen molar-refractivity contribution in [2.24, 2.45) is 0 Å². The number of carbonyl (C=O) groups is 3. The molecular weight excluding hydrogens is 611 g/mol. The lowest BCUT2D eigenvalue weighted by atomic mass is 10.0. The zero-order valence-corrected chi connectivity index (χ0v) is 25.6. The molecule has 2 fully saturated rings. The number of nitrogens with zero attached hydrogens (tertiary/aromatic N) is 2. The molecule has 1 unspecified atom stereocenters. The Hall–Kier alpha value is -3.26. The average Bonchev–Trinajstić information content (AvgIpc) is 3.62. The minimum Gasteiger partial charge on any atom is -0.326 e. The molecule has 15 heteroatoms. The van der Waals surface area contributed by atoms with Gasteiger partial charge in [0.25, 0.3) is 5.91 Å². The van der Waals surface area contributed by atoms with Gasteiger partial charge < -0.3 is 10.6 Å². The lowest BCUT2D eigenvalue weighted by Crippen LogP contribution is -2.39. The molecule has 1 aliphatic heterocycles. The summed E-state index contributed by atoms with van der Waals surface area (Å²) in [7, 11) is -3.37. The summed E-state index contributed by atoms with van der Waals surface area (Å²) in [6.45, 7) is 5.19. The number of anilines is 2. The maximum absolute atomic E-state index is 12.8. The number of hydrogen-bond acceptors (Lipinski definition) is 8. The van der Waals surface area contributed by atoms with Crippen molar-refractivity contribution < 1.29 is 22.8 Å². The largest absolute Gasteiger partial charge is 0.326 e. The lowest BCUT2D eigenvalue weighted by molar-refractivity contribution is -0.122. The Morgan fingerprint density at radius 2 is 1.85 bits per heavy atom. The Kier molecular flexibility index (Phi) is 10.3. The van der Waals surface area contributed by atoms with Gasteiger partial charge in [-0.15, -0.1) is 23.7 Å². The molecule has 5 rings (SSSR count). The van der Waals surface area contributed by atoms with Crippen LogP contribution >= 0.6 is 35.3 Å². The van der Waals surface area contributed by atoms with Crippen molar-refractivity contribution in [3.05, 3.63) is 58.8 Å². The lowest BCUT2D eigenvalue weighted by Gasteiger charge is -2.13. The van der Waals surface area contributed by atoms with E-state index in [0.29, 0.717) is 40.8 Å². The number of amides is 4. The molecule has 1 saturated heterocycles. The van der Waals surface area contributed by atoms with E-state index in [2.05, 4.69) is 30.6 Å². The molecule has 4 amide bonds. The van der Waals surface area contributed by atoms with Crippen LogP contribution in [0.1, 0.15) is 51.6 Å². The van der Waals surface area contributed by atoms with Gasteiger partial charge in [0, 0.05) is 29.0 Å². The number of imide groups is 1. The van der Waals surface area contributed by atoms with Crippen molar-refractivity contribution in [2.45, 2.75) is 56.7 Å². The number of hydrogen-bond donors (Lipinski definition) is 4. The van der Waals surface area contributed by atoms with E-state index in [4.69, 9.17) is 11.6 Å². The van der Waals surface area contributed by atoms with E-state index in [1.165, 1.54) is 11.3 Å². The molecular formula is C26H30Cl2N6O5S2. The summed E-state index contributed by atoms with van der Waals surface area (Å²) >= 11 is 7.19. The number of sulfonamides is 1. The fourth-order valence-electron chi connectivity index (χ4n) is 3.78. The van der Waals surface area contributed by atoms with Gasteiger partial charge in [0.05, 0.1) is 21.9 Å². The molecule has 2 aliphatic rings. The standard InChI is InChI=1S/C21H21ClN4O3S2.C5H8N2O2.ClH/c1-2-18(19-12-30-21(25-19)26-31(28,29)17-7-8-17)20(27)24-16-5-3-13(4-6-16)14-9-15(22)11-23-10-14;1-5(2)3(8)6-4(9)7-5;/h3-6,9-12,17-18H,2,7-8H2,1H3,(H,24,27)(H,25,26);1-2H3,(H2,6,7,8,9);1H. The van der Waals surface area contributed by atoms with Crippen molar-refractivity contribution in [3.63, 3.8) is 0 Å². The van der Waals surface area contributed by atoms with E-state index in [0.717, 1.165) is 11.1 Å².